The van der Waals surface area contributed by atoms with Gasteiger partial charge in [0.05, 0.1) is 29.7 Å². The van der Waals surface area contributed by atoms with E-state index in [4.69, 9.17) is 21.0 Å². The van der Waals surface area contributed by atoms with Gasteiger partial charge < -0.3 is 14.2 Å². The molecule has 2 atom stereocenters. The number of nitrogens with zero attached hydrogens (tertiary/aromatic N) is 6. The highest BCUT2D eigenvalue weighted by atomic mass is 35.5. The van der Waals surface area contributed by atoms with E-state index in [1.807, 2.05) is 42.2 Å². The quantitative estimate of drug-likeness (QED) is 0.452. The average Bonchev–Trinajstić information content (AvgIpc) is 3.41. The number of halogens is 1. The topological polar surface area (TPSA) is 80.3 Å². The van der Waals surface area contributed by atoms with Crippen LogP contribution in [0.25, 0.3) is 16.8 Å². The highest BCUT2D eigenvalue weighted by molar-refractivity contribution is 6.31. The van der Waals surface area contributed by atoms with Crippen molar-refractivity contribution in [1.82, 2.24) is 24.9 Å². The fourth-order valence-corrected chi connectivity index (χ4v) is 5.20. The third-order valence-corrected chi connectivity index (χ3v) is 6.92. The molecule has 0 aliphatic carbocycles. The molecule has 3 fully saturated rings. The third kappa shape index (κ3) is 3.54. The number of anilines is 1. The average molecular weight is 463 g/mol. The number of hydrogen-bond acceptors (Lipinski definition) is 6. The Morgan fingerprint density at radius 2 is 1.88 bits per heavy atom. The molecule has 3 aliphatic rings. The molecule has 9 heteroatoms. The Bertz CT molecular complexity index is 1330. The van der Waals surface area contributed by atoms with Crippen molar-refractivity contribution in [3.63, 3.8) is 0 Å². The molecule has 3 saturated heterocycles. The van der Waals surface area contributed by atoms with Crippen LogP contribution in [-0.2, 0) is 0 Å². The van der Waals surface area contributed by atoms with Crippen LogP contribution in [0.5, 0.6) is 0 Å². The van der Waals surface area contributed by atoms with Crippen molar-refractivity contribution in [2.75, 3.05) is 18.0 Å². The van der Waals surface area contributed by atoms with E-state index in [2.05, 4.69) is 15.1 Å². The van der Waals surface area contributed by atoms with Crippen LogP contribution in [0.3, 0.4) is 0 Å². The smallest absolute Gasteiger partial charge is 0.298 e. The van der Waals surface area contributed by atoms with Gasteiger partial charge in [0.25, 0.3) is 11.9 Å². The lowest BCUT2D eigenvalue weighted by molar-refractivity contribution is 0.0611. The lowest BCUT2D eigenvalue weighted by atomic mass is 9.97. The largest absolute Gasteiger partial charge is 0.423 e. The summed E-state index contributed by atoms with van der Waals surface area (Å²) in [5.74, 6) is 0.0203. The van der Waals surface area contributed by atoms with Gasteiger partial charge in [-0.25, -0.2) is 0 Å². The van der Waals surface area contributed by atoms with Crippen molar-refractivity contribution in [3.8, 4) is 5.69 Å². The molecule has 8 nitrogen and oxygen atoms in total. The molecule has 2 bridgehead atoms. The Hall–Kier alpha value is -3.39. The Morgan fingerprint density at radius 1 is 1.06 bits per heavy atom. The molecule has 2 aromatic heterocycles. The zero-order chi connectivity index (χ0) is 22.5. The fraction of sp³-hybridized carbons (Fsp3) is 0.333. The summed E-state index contributed by atoms with van der Waals surface area (Å²) in [6, 6.07) is 12.2. The molecule has 3 aliphatic heterocycles. The lowest BCUT2D eigenvalue weighted by Gasteiger charge is -2.38. The van der Waals surface area contributed by atoms with E-state index >= 15 is 0 Å². The predicted molar refractivity (Wildman–Crippen MR) is 125 cm³/mol. The molecule has 5 heterocycles. The van der Waals surface area contributed by atoms with Crippen molar-refractivity contribution in [3.05, 3.63) is 64.9 Å². The maximum Gasteiger partial charge on any atom is 0.298 e. The van der Waals surface area contributed by atoms with Gasteiger partial charge in [0.15, 0.2) is 5.58 Å². The normalized spacial score (nSPS) is 20.4. The number of benzene rings is 2. The number of carbonyl (C=O) groups excluding carboxylic acids is 1. The minimum Gasteiger partial charge on any atom is -0.423 e. The summed E-state index contributed by atoms with van der Waals surface area (Å²) in [7, 11) is 0. The lowest BCUT2D eigenvalue weighted by Crippen LogP contribution is -2.50. The van der Waals surface area contributed by atoms with E-state index in [1.165, 1.54) is 4.80 Å². The van der Waals surface area contributed by atoms with Crippen LogP contribution in [0.2, 0.25) is 5.02 Å². The first kappa shape index (κ1) is 20.2. The van der Waals surface area contributed by atoms with E-state index in [1.54, 1.807) is 18.5 Å². The van der Waals surface area contributed by atoms with Crippen LogP contribution in [0.15, 0.2) is 53.2 Å². The fourth-order valence-electron chi connectivity index (χ4n) is 5.04. The van der Waals surface area contributed by atoms with Crippen molar-refractivity contribution in [2.45, 2.75) is 38.3 Å². The second-order valence-electron chi connectivity index (χ2n) is 8.77. The van der Waals surface area contributed by atoms with Gasteiger partial charge in [-0.1, -0.05) is 23.2 Å². The zero-order valence-corrected chi connectivity index (χ0v) is 18.9. The van der Waals surface area contributed by atoms with Gasteiger partial charge in [0.1, 0.15) is 5.52 Å². The summed E-state index contributed by atoms with van der Waals surface area (Å²) in [6.07, 6.45) is 6.05. The second-order valence-corrected chi connectivity index (χ2v) is 9.21. The van der Waals surface area contributed by atoms with Crippen molar-refractivity contribution < 1.29 is 9.21 Å². The molecule has 0 spiro atoms. The number of aryl methyl sites for hydroxylation is 1. The van der Waals surface area contributed by atoms with Gasteiger partial charge in [-0.15, -0.1) is 0 Å². The number of oxazole rings is 1. The number of piperidine rings is 1. The van der Waals surface area contributed by atoms with Gasteiger partial charge in [-0.05, 0) is 56.5 Å². The zero-order valence-electron chi connectivity index (χ0n) is 18.2. The molecule has 0 unspecified atom stereocenters. The molecule has 0 N–H and O–H groups in total. The van der Waals surface area contributed by atoms with Gasteiger partial charge >= 0.3 is 0 Å². The van der Waals surface area contributed by atoms with Gasteiger partial charge in [0, 0.05) is 24.2 Å². The minimum absolute atomic E-state index is 0.0203. The molecule has 7 rings (SSSR count). The number of hydrogen-bond donors (Lipinski definition) is 0. The van der Waals surface area contributed by atoms with Gasteiger partial charge in [0.2, 0.25) is 0 Å². The molecule has 2 aromatic carbocycles. The Kier molecular flexibility index (Phi) is 4.83. The third-order valence-electron chi connectivity index (χ3n) is 6.69. The first-order chi connectivity index (χ1) is 16.1. The van der Waals surface area contributed by atoms with E-state index in [0.717, 1.165) is 42.5 Å². The van der Waals surface area contributed by atoms with Crippen LogP contribution >= 0.6 is 11.6 Å². The van der Waals surface area contributed by atoms with Crippen LogP contribution < -0.4 is 4.90 Å². The molecule has 0 radical (unpaired) electrons. The van der Waals surface area contributed by atoms with E-state index < -0.39 is 0 Å². The summed E-state index contributed by atoms with van der Waals surface area (Å²) < 4.78 is 6.07. The summed E-state index contributed by atoms with van der Waals surface area (Å²) in [5.41, 5.74) is 3.82. The summed E-state index contributed by atoms with van der Waals surface area (Å²) in [6.45, 7) is 3.41. The van der Waals surface area contributed by atoms with Crippen LogP contribution in [0.4, 0.5) is 6.01 Å². The number of aromatic nitrogens is 4. The van der Waals surface area contributed by atoms with Crippen LogP contribution in [-0.4, -0.2) is 56.0 Å². The molecule has 168 valence electrons. The number of amides is 1. The molecular formula is C24H23ClN6O2. The summed E-state index contributed by atoms with van der Waals surface area (Å²) in [4.78, 5) is 24.3. The van der Waals surface area contributed by atoms with Gasteiger partial charge in [-0.2, -0.15) is 20.0 Å². The van der Waals surface area contributed by atoms with E-state index in [9.17, 15) is 4.79 Å². The molecule has 1 amide bonds. The molecule has 33 heavy (non-hydrogen) atoms. The Balaban J connectivity index is 1.32. The molecular weight excluding hydrogens is 440 g/mol. The van der Waals surface area contributed by atoms with Crippen LogP contribution in [0.1, 0.15) is 35.2 Å². The van der Waals surface area contributed by atoms with Crippen LogP contribution in [0, 0.1) is 6.92 Å². The first-order valence-corrected chi connectivity index (χ1v) is 11.6. The standard InChI is InChI=1S/C24H23ClN6O2/c1-15-2-6-21(31-26-9-10-27-31)19(12-15)23(32)30-14-18-5-4-17(30)8-11-29(18)24-28-20-13-16(25)3-7-22(20)33-24/h2-3,6-7,9-10,12-13,17-18H,4-5,8,11,14H2,1H3/t17-,18+/m0/s1. The SMILES string of the molecule is Cc1ccc(-n2nccn2)c(C(=O)N2C[C@H]3CC[C@H]2CCN3c2nc3cc(Cl)ccc3o2)c1. The molecule has 0 saturated carbocycles. The van der Waals surface area contributed by atoms with Crippen molar-refractivity contribution in [1.29, 1.82) is 0 Å². The highest BCUT2D eigenvalue weighted by Crippen LogP contribution is 2.34. The second kappa shape index (κ2) is 7.88. The number of fused-ring (bicyclic) bond motifs is 5. The summed E-state index contributed by atoms with van der Waals surface area (Å²) in [5, 5.41) is 9.13. The Labute approximate surface area is 195 Å². The Morgan fingerprint density at radius 3 is 2.73 bits per heavy atom. The van der Waals surface area contributed by atoms with Crippen molar-refractivity contribution >= 4 is 34.6 Å². The monoisotopic (exact) mass is 462 g/mol. The minimum atomic E-state index is 0.0203. The number of carbonyl (C=O) groups is 1. The maximum atomic E-state index is 13.8. The highest BCUT2D eigenvalue weighted by Gasteiger charge is 2.40. The van der Waals surface area contributed by atoms with Crippen molar-refractivity contribution in [2.24, 2.45) is 0 Å². The van der Waals surface area contributed by atoms with Gasteiger partial charge in [-0.3, -0.25) is 4.79 Å². The molecule has 4 aromatic rings. The maximum absolute atomic E-state index is 13.8. The number of rotatable bonds is 3. The van der Waals surface area contributed by atoms with E-state index in [-0.39, 0.29) is 18.0 Å². The summed E-state index contributed by atoms with van der Waals surface area (Å²) >= 11 is 6.13. The van der Waals surface area contributed by atoms with E-state index in [0.29, 0.717) is 28.8 Å². The first-order valence-electron chi connectivity index (χ1n) is 11.2. The predicted octanol–water partition coefficient (Wildman–Crippen LogP) is 4.25.